The molecule has 3 nitrogen and oxygen atoms in total. The van der Waals surface area contributed by atoms with E-state index < -0.39 is 0 Å². The zero-order chi connectivity index (χ0) is 33.5. The molecule has 51 heavy (non-hydrogen) atoms. The van der Waals surface area contributed by atoms with Crippen LogP contribution in [0.4, 0.5) is 0 Å². The van der Waals surface area contributed by atoms with Gasteiger partial charge in [0.15, 0.2) is 0 Å². The first kappa shape index (κ1) is 29.6. The van der Waals surface area contributed by atoms with Crippen molar-refractivity contribution in [1.82, 2.24) is 10.6 Å². The van der Waals surface area contributed by atoms with E-state index in [1.807, 2.05) is 22.7 Å². The van der Waals surface area contributed by atoms with E-state index >= 15 is 0 Å². The molecule has 1 aliphatic heterocycles. The standard InChI is InChI=1S/C46H35N3S2/c1-2-9-27(10-3-1)44-47-45(31-18-17-29-23-28-11-4-5-12-33(28)39(29)24-31)49-46(48-44)32-20-22-37-36-21-19-30(25-41(36)50-42(37)26-32)34-14-8-15-38-35-13-6-7-16-40(35)51-43(34)38/h1-13,15-19,21,24-26,34,45-46,49H,14,20,22-23H2,(H,47,48). The number of aryl methyl sites for hydroxylation is 1. The zero-order valence-corrected chi connectivity index (χ0v) is 29.7. The maximum Gasteiger partial charge on any atom is 0.131 e. The minimum absolute atomic E-state index is 0.0589. The van der Waals surface area contributed by atoms with Crippen LogP contribution in [0.1, 0.15) is 73.6 Å². The Kier molecular flexibility index (Phi) is 6.82. The van der Waals surface area contributed by atoms with E-state index in [2.05, 4.69) is 144 Å². The summed E-state index contributed by atoms with van der Waals surface area (Å²) in [7, 11) is 0. The minimum Gasteiger partial charge on any atom is -0.350 e. The SMILES string of the molecule is C1=Cc2c(sc3ccccc23)C(c2ccc3c4c(sc3c2)C=C(C2N=C(c3ccccc3)NC(c3ccc5c(c3)-c3ccccc3C5)N2)CC4)C1. The van der Waals surface area contributed by atoms with Gasteiger partial charge >= 0.3 is 0 Å². The molecule has 0 bridgehead atoms. The molecule has 0 saturated carbocycles. The molecule has 3 unspecified atom stereocenters. The Morgan fingerprint density at radius 3 is 2.49 bits per heavy atom. The van der Waals surface area contributed by atoms with Gasteiger partial charge in [0, 0.05) is 30.6 Å². The Bertz CT molecular complexity index is 2620. The molecule has 246 valence electrons. The van der Waals surface area contributed by atoms with Gasteiger partial charge in [-0.15, -0.1) is 22.7 Å². The number of aliphatic imine (C=N–C) groups is 1. The number of amidine groups is 1. The van der Waals surface area contributed by atoms with Crippen molar-refractivity contribution in [3.63, 3.8) is 0 Å². The maximum atomic E-state index is 5.33. The molecule has 0 fully saturated rings. The topological polar surface area (TPSA) is 36.4 Å². The van der Waals surface area contributed by atoms with Crippen molar-refractivity contribution in [1.29, 1.82) is 0 Å². The summed E-state index contributed by atoms with van der Waals surface area (Å²) in [6.45, 7) is 0. The van der Waals surface area contributed by atoms with Crippen molar-refractivity contribution >= 4 is 60.8 Å². The smallest absolute Gasteiger partial charge is 0.131 e. The highest BCUT2D eigenvalue weighted by Gasteiger charge is 2.30. The van der Waals surface area contributed by atoms with Gasteiger partial charge in [-0.05, 0) is 111 Å². The van der Waals surface area contributed by atoms with Crippen molar-refractivity contribution in [2.75, 3.05) is 0 Å². The fourth-order valence-electron chi connectivity index (χ4n) is 8.72. The normalized spacial score (nSPS) is 20.3. The number of rotatable bonds is 4. The van der Waals surface area contributed by atoms with Gasteiger partial charge in [0.05, 0.1) is 0 Å². The van der Waals surface area contributed by atoms with Crippen LogP contribution in [0.3, 0.4) is 0 Å². The van der Waals surface area contributed by atoms with Crippen LogP contribution >= 0.6 is 22.7 Å². The third kappa shape index (κ3) is 4.91. The minimum atomic E-state index is -0.110. The molecular formula is C46H35N3S2. The quantitative estimate of drug-likeness (QED) is 0.192. The Balaban J connectivity index is 0.942. The lowest BCUT2D eigenvalue weighted by Gasteiger charge is -2.34. The molecule has 0 amide bonds. The maximum absolute atomic E-state index is 5.33. The second kappa shape index (κ2) is 11.7. The van der Waals surface area contributed by atoms with Crippen LogP contribution in [-0.2, 0) is 12.8 Å². The van der Waals surface area contributed by atoms with Crippen molar-refractivity contribution in [3.05, 3.63) is 176 Å². The zero-order valence-electron chi connectivity index (χ0n) is 28.0. The Hall–Kier alpha value is -5.07. The number of hydrogen-bond acceptors (Lipinski definition) is 5. The van der Waals surface area contributed by atoms with Crippen LogP contribution < -0.4 is 10.6 Å². The summed E-state index contributed by atoms with van der Waals surface area (Å²) in [5, 5.41) is 10.5. The number of thiophene rings is 2. The average molecular weight is 694 g/mol. The summed E-state index contributed by atoms with van der Waals surface area (Å²) in [6.07, 6.45) is 11.1. The second-order valence-corrected chi connectivity index (χ2v) is 16.4. The van der Waals surface area contributed by atoms with E-state index in [1.165, 1.54) is 80.0 Å². The van der Waals surface area contributed by atoms with E-state index in [9.17, 15) is 0 Å². The molecular weight excluding hydrogens is 659 g/mol. The monoisotopic (exact) mass is 693 g/mol. The Morgan fingerprint density at radius 2 is 1.53 bits per heavy atom. The summed E-state index contributed by atoms with van der Waals surface area (Å²) in [5.74, 6) is 1.35. The third-order valence-electron chi connectivity index (χ3n) is 11.3. The molecule has 11 rings (SSSR count). The average Bonchev–Trinajstić information content (AvgIpc) is 3.88. The molecule has 2 aromatic heterocycles. The van der Waals surface area contributed by atoms with Crippen LogP contribution in [0.25, 0.3) is 43.5 Å². The van der Waals surface area contributed by atoms with Crippen LogP contribution in [0, 0.1) is 0 Å². The summed E-state index contributed by atoms with van der Waals surface area (Å²) in [4.78, 5) is 8.22. The van der Waals surface area contributed by atoms with Crippen LogP contribution in [0.2, 0.25) is 0 Å². The number of nitrogens with one attached hydrogen (secondary N) is 2. The highest BCUT2D eigenvalue weighted by atomic mass is 32.1. The number of fused-ring (bicyclic) bond motifs is 9. The van der Waals surface area contributed by atoms with Crippen molar-refractivity contribution in [2.45, 2.75) is 43.9 Å². The number of nitrogens with zero attached hydrogens (tertiary/aromatic N) is 1. The molecule has 3 atom stereocenters. The summed E-state index contributed by atoms with van der Waals surface area (Å²) in [5.41, 5.74) is 13.6. The first-order valence-electron chi connectivity index (χ1n) is 18.0. The van der Waals surface area contributed by atoms with Crippen LogP contribution in [0.5, 0.6) is 0 Å². The number of benzene rings is 5. The van der Waals surface area contributed by atoms with E-state index in [4.69, 9.17) is 4.99 Å². The van der Waals surface area contributed by atoms with Gasteiger partial charge in [-0.1, -0.05) is 109 Å². The first-order chi connectivity index (χ1) is 25.2. The van der Waals surface area contributed by atoms with Crippen molar-refractivity contribution < 1.29 is 0 Å². The van der Waals surface area contributed by atoms with E-state index in [0.29, 0.717) is 5.92 Å². The Morgan fingerprint density at radius 1 is 0.686 bits per heavy atom. The van der Waals surface area contributed by atoms with E-state index in [-0.39, 0.29) is 12.3 Å². The van der Waals surface area contributed by atoms with Crippen LogP contribution in [-0.4, -0.2) is 12.0 Å². The molecule has 0 saturated heterocycles. The molecule has 0 spiro atoms. The van der Waals surface area contributed by atoms with Crippen molar-refractivity contribution in [2.24, 2.45) is 4.99 Å². The van der Waals surface area contributed by atoms with Gasteiger partial charge in [-0.25, -0.2) is 4.99 Å². The lowest BCUT2D eigenvalue weighted by atomic mass is 9.86. The fraction of sp³-hybridized carbons (Fsp3) is 0.152. The lowest BCUT2D eigenvalue weighted by Crippen LogP contribution is -2.49. The number of hydrogen-bond donors (Lipinski definition) is 2. The van der Waals surface area contributed by atoms with Crippen molar-refractivity contribution in [3.8, 4) is 11.1 Å². The molecule has 0 radical (unpaired) electrons. The molecule has 4 aliphatic rings. The summed E-state index contributed by atoms with van der Waals surface area (Å²) < 4.78 is 2.79. The Labute approximate surface area is 305 Å². The first-order valence-corrected chi connectivity index (χ1v) is 19.7. The van der Waals surface area contributed by atoms with Gasteiger partial charge in [0.2, 0.25) is 0 Å². The second-order valence-electron chi connectivity index (χ2n) is 14.2. The van der Waals surface area contributed by atoms with Crippen LogP contribution in [0.15, 0.2) is 132 Å². The third-order valence-corrected chi connectivity index (χ3v) is 13.7. The highest BCUT2D eigenvalue weighted by Crippen LogP contribution is 2.46. The fourth-order valence-corrected chi connectivity index (χ4v) is 11.3. The molecule has 3 aliphatic carbocycles. The molecule has 3 heterocycles. The van der Waals surface area contributed by atoms with Gasteiger partial charge in [-0.3, -0.25) is 5.32 Å². The molecule has 7 aromatic rings. The summed E-state index contributed by atoms with van der Waals surface area (Å²) in [6, 6.07) is 42.6. The summed E-state index contributed by atoms with van der Waals surface area (Å²) >= 11 is 3.92. The highest BCUT2D eigenvalue weighted by molar-refractivity contribution is 7.20. The largest absolute Gasteiger partial charge is 0.350 e. The lowest BCUT2D eigenvalue weighted by molar-refractivity contribution is 0.426. The van der Waals surface area contributed by atoms with Gasteiger partial charge in [0.25, 0.3) is 0 Å². The predicted octanol–water partition coefficient (Wildman–Crippen LogP) is 11.2. The molecule has 2 N–H and O–H groups in total. The molecule has 5 aromatic carbocycles. The predicted molar refractivity (Wildman–Crippen MR) is 216 cm³/mol. The van der Waals surface area contributed by atoms with Gasteiger partial charge in [0.1, 0.15) is 18.2 Å². The number of allylic oxidation sites excluding steroid dienone is 1. The van der Waals surface area contributed by atoms with Gasteiger partial charge in [-0.2, -0.15) is 0 Å². The van der Waals surface area contributed by atoms with E-state index in [1.54, 1.807) is 0 Å². The molecule has 5 heteroatoms. The van der Waals surface area contributed by atoms with E-state index in [0.717, 1.165) is 37.1 Å². The van der Waals surface area contributed by atoms with Gasteiger partial charge < -0.3 is 5.32 Å².